The summed E-state index contributed by atoms with van der Waals surface area (Å²) in [4.78, 5) is 14.4. The zero-order valence-corrected chi connectivity index (χ0v) is 4.07. The lowest BCUT2D eigenvalue weighted by atomic mass is 10.3. The van der Waals surface area contributed by atoms with E-state index in [4.69, 9.17) is 5.11 Å². The Labute approximate surface area is 45.7 Å². The van der Waals surface area contributed by atoms with E-state index in [0.29, 0.717) is 6.42 Å². The first-order chi connectivity index (χ1) is 3.80. The fourth-order valence-corrected chi connectivity index (χ4v) is 0.444. The van der Waals surface area contributed by atoms with Crippen LogP contribution in [0.5, 0.6) is 0 Å². The van der Waals surface area contributed by atoms with E-state index >= 15 is 0 Å². The highest BCUT2D eigenvalue weighted by atomic mass is 16.7. The average Bonchev–Trinajstić information content (AvgIpc) is 2.12. The molecule has 4 heteroatoms. The minimum atomic E-state index is -0.956. The number of carboxylic acid groups (broad SMARTS) is 1. The second-order valence-corrected chi connectivity index (χ2v) is 1.46. The summed E-state index contributed by atoms with van der Waals surface area (Å²) < 4.78 is 0. The van der Waals surface area contributed by atoms with Gasteiger partial charge in [0.15, 0.2) is 0 Å². The largest absolute Gasteiger partial charge is 0.478 e. The zero-order valence-electron chi connectivity index (χ0n) is 4.07. The first-order valence-electron chi connectivity index (χ1n) is 2.21. The highest BCUT2D eigenvalue weighted by molar-refractivity contribution is 5.78. The predicted octanol–water partition coefficient (Wildman–Crippen LogP) is -0.154. The van der Waals surface area contributed by atoms with Crippen LogP contribution >= 0.6 is 0 Å². The van der Waals surface area contributed by atoms with E-state index in [2.05, 4.69) is 9.99 Å². The van der Waals surface area contributed by atoms with E-state index in [1.807, 2.05) is 0 Å². The van der Waals surface area contributed by atoms with Crippen molar-refractivity contribution in [2.24, 2.45) is 5.16 Å². The Kier molecular flexibility index (Phi) is 1.15. The van der Waals surface area contributed by atoms with Gasteiger partial charge < -0.3 is 9.94 Å². The molecule has 1 aliphatic heterocycles. The second kappa shape index (κ2) is 1.81. The van der Waals surface area contributed by atoms with Gasteiger partial charge in [-0.25, -0.2) is 4.79 Å². The molecule has 0 fully saturated rings. The number of carbonyl (C=O) groups is 1. The molecule has 0 saturated carbocycles. The van der Waals surface area contributed by atoms with Gasteiger partial charge in [0.2, 0.25) is 6.10 Å². The van der Waals surface area contributed by atoms with Crippen molar-refractivity contribution in [1.29, 1.82) is 0 Å². The molecule has 44 valence electrons. The molecule has 0 aromatic rings. The SMILES string of the molecule is O=C(O)[C@@H]1CC=NO1. The van der Waals surface area contributed by atoms with Crippen LogP contribution < -0.4 is 0 Å². The molecule has 1 atom stereocenters. The normalized spacial score (nSPS) is 25.2. The smallest absolute Gasteiger partial charge is 0.348 e. The van der Waals surface area contributed by atoms with E-state index in [0.717, 1.165) is 0 Å². The third-order valence-electron chi connectivity index (χ3n) is 0.858. The number of rotatable bonds is 1. The summed E-state index contributed by atoms with van der Waals surface area (Å²) in [5, 5.41) is 11.5. The van der Waals surface area contributed by atoms with Gasteiger partial charge in [-0.1, -0.05) is 5.16 Å². The Bertz CT molecular complexity index is 123. The molecular weight excluding hydrogens is 110 g/mol. The Hall–Kier alpha value is -1.06. The summed E-state index contributed by atoms with van der Waals surface area (Å²) >= 11 is 0. The van der Waals surface area contributed by atoms with Crippen LogP contribution in [0, 0.1) is 0 Å². The lowest BCUT2D eigenvalue weighted by Gasteiger charge is -1.97. The van der Waals surface area contributed by atoms with Gasteiger partial charge in [0.25, 0.3) is 0 Å². The molecule has 0 spiro atoms. The van der Waals surface area contributed by atoms with Gasteiger partial charge in [-0.05, 0) is 0 Å². The second-order valence-electron chi connectivity index (χ2n) is 1.46. The van der Waals surface area contributed by atoms with Crippen LogP contribution in [0.2, 0.25) is 0 Å². The van der Waals surface area contributed by atoms with Crippen LogP contribution in [0.15, 0.2) is 5.16 Å². The molecule has 0 unspecified atom stereocenters. The summed E-state index contributed by atoms with van der Waals surface area (Å²) in [6.45, 7) is 0. The molecular formula is C4H5NO3. The van der Waals surface area contributed by atoms with Gasteiger partial charge >= 0.3 is 5.97 Å². The summed E-state index contributed by atoms with van der Waals surface area (Å²) in [5.41, 5.74) is 0. The molecule has 1 heterocycles. The quantitative estimate of drug-likeness (QED) is 0.516. The number of carboxylic acids is 1. The first-order valence-corrected chi connectivity index (χ1v) is 2.21. The van der Waals surface area contributed by atoms with Crippen LogP contribution in [0.3, 0.4) is 0 Å². The fourth-order valence-electron chi connectivity index (χ4n) is 0.444. The van der Waals surface area contributed by atoms with Crippen LogP contribution in [-0.4, -0.2) is 23.4 Å². The molecule has 4 nitrogen and oxygen atoms in total. The molecule has 0 amide bonds. The lowest BCUT2D eigenvalue weighted by Crippen LogP contribution is -2.17. The first kappa shape index (κ1) is 5.08. The number of aliphatic carboxylic acids is 1. The van der Waals surface area contributed by atoms with Gasteiger partial charge in [0.05, 0.1) is 0 Å². The maximum atomic E-state index is 10.00. The van der Waals surface area contributed by atoms with Crippen molar-refractivity contribution in [2.75, 3.05) is 0 Å². The van der Waals surface area contributed by atoms with Crippen LogP contribution in [0.1, 0.15) is 6.42 Å². The highest BCUT2D eigenvalue weighted by Crippen LogP contribution is 2.03. The maximum absolute atomic E-state index is 10.00. The number of hydrogen-bond donors (Lipinski definition) is 1. The fraction of sp³-hybridized carbons (Fsp3) is 0.500. The molecule has 0 aliphatic carbocycles. The minimum absolute atomic E-state index is 0.384. The van der Waals surface area contributed by atoms with E-state index in [9.17, 15) is 4.79 Å². The van der Waals surface area contributed by atoms with Crippen molar-refractivity contribution >= 4 is 12.2 Å². The number of hydrogen-bond acceptors (Lipinski definition) is 3. The van der Waals surface area contributed by atoms with Gasteiger partial charge in [0, 0.05) is 12.6 Å². The molecule has 1 aliphatic rings. The zero-order chi connectivity index (χ0) is 5.98. The van der Waals surface area contributed by atoms with Crippen LogP contribution in [0.25, 0.3) is 0 Å². The van der Waals surface area contributed by atoms with Gasteiger partial charge in [-0.2, -0.15) is 0 Å². The average molecular weight is 115 g/mol. The summed E-state index contributed by atoms with van der Waals surface area (Å²) in [6, 6.07) is 0. The van der Waals surface area contributed by atoms with E-state index in [1.165, 1.54) is 6.21 Å². The van der Waals surface area contributed by atoms with Crippen molar-refractivity contribution in [3.05, 3.63) is 0 Å². The number of oxime groups is 1. The van der Waals surface area contributed by atoms with E-state index in [1.54, 1.807) is 0 Å². The Morgan fingerprint density at radius 3 is 3.00 bits per heavy atom. The summed E-state index contributed by atoms with van der Waals surface area (Å²) in [5.74, 6) is -0.956. The highest BCUT2D eigenvalue weighted by Gasteiger charge is 2.20. The monoisotopic (exact) mass is 115 g/mol. The maximum Gasteiger partial charge on any atom is 0.348 e. The molecule has 0 bridgehead atoms. The van der Waals surface area contributed by atoms with Crippen LogP contribution in [-0.2, 0) is 9.63 Å². The van der Waals surface area contributed by atoms with Gasteiger partial charge in [0.1, 0.15) is 0 Å². The summed E-state index contributed by atoms with van der Waals surface area (Å²) in [6.07, 6.45) is 1.09. The standard InChI is InChI=1S/C4H5NO3/c6-4(7)3-1-2-5-8-3/h2-3H,1H2,(H,6,7)/t3-/m0/s1. The number of nitrogens with zero attached hydrogens (tertiary/aromatic N) is 1. The van der Waals surface area contributed by atoms with E-state index < -0.39 is 12.1 Å². The molecule has 0 aromatic carbocycles. The molecule has 0 aromatic heterocycles. The molecule has 1 rings (SSSR count). The van der Waals surface area contributed by atoms with Crippen molar-refractivity contribution < 1.29 is 14.7 Å². The van der Waals surface area contributed by atoms with Crippen LogP contribution in [0.4, 0.5) is 0 Å². The molecule has 8 heavy (non-hydrogen) atoms. The van der Waals surface area contributed by atoms with Gasteiger partial charge in [-0.15, -0.1) is 0 Å². The Morgan fingerprint density at radius 1 is 2.00 bits per heavy atom. The molecule has 0 radical (unpaired) electrons. The van der Waals surface area contributed by atoms with Crippen molar-refractivity contribution in [3.8, 4) is 0 Å². The minimum Gasteiger partial charge on any atom is -0.478 e. The summed E-state index contributed by atoms with van der Waals surface area (Å²) in [7, 11) is 0. The van der Waals surface area contributed by atoms with Crippen molar-refractivity contribution in [3.63, 3.8) is 0 Å². The topological polar surface area (TPSA) is 58.9 Å². The Morgan fingerprint density at radius 2 is 2.75 bits per heavy atom. The van der Waals surface area contributed by atoms with Crippen molar-refractivity contribution in [1.82, 2.24) is 0 Å². The predicted molar refractivity (Wildman–Crippen MR) is 25.6 cm³/mol. The van der Waals surface area contributed by atoms with Crippen molar-refractivity contribution in [2.45, 2.75) is 12.5 Å². The third-order valence-corrected chi connectivity index (χ3v) is 0.858. The van der Waals surface area contributed by atoms with Gasteiger partial charge in [-0.3, -0.25) is 0 Å². The third kappa shape index (κ3) is 0.776. The molecule has 0 saturated heterocycles. The molecule has 1 N–H and O–H groups in total. The lowest BCUT2D eigenvalue weighted by molar-refractivity contribution is -0.148. The van der Waals surface area contributed by atoms with E-state index in [-0.39, 0.29) is 0 Å². The Balaban J connectivity index is 2.41.